The van der Waals surface area contributed by atoms with E-state index in [1.807, 2.05) is 31.9 Å². The summed E-state index contributed by atoms with van der Waals surface area (Å²) in [4.78, 5) is 13.1. The molecule has 0 saturated heterocycles. The second-order valence-corrected chi connectivity index (χ2v) is 3.27. The molecule has 3 heteroatoms. The first-order chi connectivity index (χ1) is 5.57. The number of hydrogen-bond donors (Lipinski definition) is 0. The monoisotopic (exact) mass is 168 g/mol. The molecule has 0 fully saturated rings. The largest absolute Gasteiger partial charge is 0.298 e. The van der Waals surface area contributed by atoms with E-state index in [-0.39, 0.29) is 11.7 Å². The zero-order valence-electron chi connectivity index (χ0n) is 8.00. The molecule has 0 atom stereocenters. The van der Waals surface area contributed by atoms with Gasteiger partial charge >= 0.3 is 0 Å². The molecule has 0 aliphatic carbocycles. The summed E-state index contributed by atoms with van der Waals surface area (Å²) in [6.07, 6.45) is 0.488. The highest BCUT2D eigenvalue weighted by Gasteiger charge is 2.09. The lowest BCUT2D eigenvalue weighted by Gasteiger charge is -2.14. The quantitative estimate of drug-likeness (QED) is 0.616. The van der Waals surface area contributed by atoms with Crippen LogP contribution < -0.4 is 0 Å². The fourth-order valence-corrected chi connectivity index (χ4v) is 0.769. The van der Waals surface area contributed by atoms with Crippen molar-refractivity contribution >= 4 is 5.78 Å². The topological polar surface area (TPSA) is 44.1 Å². The Labute approximate surface area is 74.0 Å². The van der Waals surface area contributed by atoms with Crippen LogP contribution in [0.1, 0.15) is 20.3 Å². The van der Waals surface area contributed by atoms with E-state index in [1.165, 1.54) is 0 Å². The maximum atomic E-state index is 11.2. The standard InChI is InChI=1S/C9H16N2O/c1-8(2)9(12)7-11(3)6-4-5-10/h8H,4,6-7H2,1-3H3. The minimum Gasteiger partial charge on any atom is -0.298 e. The molecule has 0 aromatic carbocycles. The lowest BCUT2D eigenvalue weighted by atomic mass is 10.1. The van der Waals surface area contributed by atoms with Gasteiger partial charge in [-0.3, -0.25) is 9.69 Å². The summed E-state index contributed by atoms with van der Waals surface area (Å²) in [5, 5.41) is 8.30. The van der Waals surface area contributed by atoms with Crippen LogP contribution >= 0.6 is 0 Å². The molecule has 0 N–H and O–H groups in total. The average Bonchev–Trinajstić information content (AvgIpc) is 2.00. The molecule has 0 rings (SSSR count). The fraction of sp³-hybridized carbons (Fsp3) is 0.778. The molecule has 0 amide bonds. The molecule has 0 bridgehead atoms. The van der Waals surface area contributed by atoms with Gasteiger partial charge in [0.05, 0.1) is 12.6 Å². The number of nitrogens with zero attached hydrogens (tertiary/aromatic N) is 2. The lowest BCUT2D eigenvalue weighted by Crippen LogP contribution is -2.29. The number of ketones is 1. The zero-order valence-corrected chi connectivity index (χ0v) is 8.00. The highest BCUT2D eigenvalue weighted by molar-refractivity contribution is 5.82. The number of Topliss-reactive ketones (excluding diaryl/α,β-unsaturated/α-hetero) is 1. The van der Waals surface area contributed by atoms with Crippen molar-refractivity contribution in [1.82, 2.24) is 4.90 Å². The smallest absolute Gasteiger partial charge is 0.149 e. The summed E-state index contributed by atoms with van der Waals surface area (Å²) in [5.41, 5.74) is 0. The Morgan fingerprint density at radius 3 is 2.58 bits per heavy atom. The van der Waals surface area contributed by atoms with Crippen LogP contribution in [0, 0.1) is 17.2 Å². The van der Waals surface area contributed by atoms with Crippen molar-refractivity contribution in [3.05, 3.63) is 0 Å². The second-order valence-electron chi connectivity index (χ2n) is 3.27. The molecule has 0 heterocycles. The van der Waals surface area contributed by atoms with E-state index in [4.69, 9.17) is 5.26 Å². The van der Waals surface area contributed by atoms with E-state index in [2.05, 4.69) is 0 Å². The van der Waals surface area contributed by atoms with Crippen molar-refractivity contribution in [1.29, 1.82) is 5.26 Å². The minimum absolute atomic E-state index is 0.0922. The summed E-state index contributed by atoms with van der Waals surface area (Å²) in [6, 6.07) is 2.05. The van der Waals surface area contributed by atoms with Crippen LogP contribution in [-0.2, 0) is 4.79 Å². The van der Waals surface area contributed by atoms with Crippen LogP contribution in [-0.4, -0.2) is 30.8 Å². The molecule has 0 aliphatic heterocycles. The number of nitriles is 1. The Morgan fingerprint density at radius 1 is 1.58 bits per heavy atom. The van der Waals surface area contributed by atoms with Gasteiger partial charge in [-0.25, -0.2) is 0 Å². The van der Waals surface area contributed by atoms with Crippen LogP contribution in [0.4, 0.5) is 0 Å². The summed E-state index contributed by atoms with van der Waals surface area (Å²) >= 11 is 0. The molecular formula is C9H16N2O. The van der Waals surface area contributed by atoms with Gasteiger partial charge < -0.3 is 0 Å². The van der Waals surface area contributed by atoms with Crippen molar-refractivity contribution in [3.63, 3.8) is 0 Å². The van der Waals surface area contributed by atoms with E-state index in [0.29, 0.717) is 19.5 Å². The van der Waals surface area contributed by atoms with Gasteiger partial charge in [0.1, 0.15) is 5.78 Å². The molecular weight excluding hydrogens is 152 g/mol. The molecule has 0 spiro atoms. The molecule has 3 nitrogen and oxygen atoms in total. The van der Waals surface area contributed by atoms with Crippen molar-refractivity contribution in [2.24, 2.45) is 5.92 Å². The van der Waals surface area contributed by atoms with Gasteiger partial charge in [0, 0.05) is 18.9 Å². The number of carbonyl (C=O) groups excluding carboxylic acids is 1. The second kappa shape index (κ2) is 5.73. The zero-order chi connectivity index (χ0) is 9.56. The molecule has 0 unspecified atom stereocenters. The molecule has 0 aromatic rings. The normalized spacial score (nSPS) is 10.3. The third-order valence-electron chi connectivity index (χ3n) is 1.68. The molecule has 68 valence electrons. The number of hydrogen-bond acceptors (Lipinski definition) is 3. The molecule has 0 aromatic heterocycles. The maximum Gasteiger partial charge on any atom is 0.149 e. The third kappa shape index (κ3) is 4.86. The van der Waals surface area contributed by atoms with Crippen LogP contribution in [0.15, 0.2) is 0 Å². The average molecular weight is 168 g/mol. The molecule has 12 heavy (non-hydrogen) atoms. The van der Waals surface area contributed by atoms with Crippen molar-refractivity contribution in [2.75, 3.05) is 20.1 Å². The Balaban J connectivity index is 3.63. The predicted molar refractivity (Wildman–Crippen MR) is 47.6 cm³/mol. The molecule has 0 aliphatic rings. The van der Waals surface area contributed by atoms with Gasteiger partial charge in [-0.05, 0) is 7.05 Å². The van der Waals surface area contributed by atoms with Crippen molar-refractivity contribution in [2.45, 2.75) is 20.3 Å². The van der Waals surface area contributed by atoms with Crippen LogP contribution in [0.25, 0.3) is 0 Å². The number of rotatable bonds is 5. The Kier molecular flexibility index (Phi) is 5.31. The van der Waals surface area contributed by atoms with E-state index in [0.717, 1.165) is 0 Å². The Bertz CT molecular complexity index is 181. The van der Waals surface area contributed by atoms with Crippen LogP contribution in [0.2, 0.25) is 0 Å². The highest BCUT2D eigenvalue weighted by Crippen LogP contribution is 1.96. The van der Waals surface area contributed by atoms with E-state index >= 15 is 0 Å². The van der Waals surface area contributed by atoms with Gasteiger partial charge in [-0.15, -0.1) is 0 Å². The summed E-state index contributed by atoms with van der Waals surface area (Å²) in [6.45, 7) is 4.91. The predicted octanol–water partition coefficient (Wildman–Crippen LogP) is 1.06. The number of carbonyl (C=O) groups is 1. The van der Waals surface area contributed by atoms with Crippen molar-refractivity contribution in [3.8, 4) is 6.07 Å². The number of likely N-dealkylation sites (N-methyl/N-ethyl adjacent to an activating group) is 1. The first-order valence-corrected chi connectivity index (χ1v) is 4.16. The summed E-state index contributed by atoms with van der Waals surface area (Å²) in [7, 11) is 1.86. The van der Waals surface area contributed by atoms with E-state index in [1.54, 1.807) is 0 Å². The minimum atomic E-state index is 0.0922. The first-order valence-electron chi connectivity index (χ1n) is 4.16. The van der Waals surface area contributed by atoms with Gasteiger partial charge in [-0.1, -0.05) is 13.8 Å². The third-order valence-corrected chi connectivity index (χ3v) is 1.68. The fourth-order valence-electron chi connectivity index (χ4n) is 0.769. The van der Waals surface area contributed by atoms with Gasteiger partial charge in [0.2, 0.25) is 0 Å². The first kappa shape index (κ1) is 11.1. The van der Waals surface area contributed by atoms with Crippen LogP contribution in [0.5, 0.6) is 0 Å². The Morgan fingerprint density at radius 2 is 2.17 bits per heavy atom. The summed E-state index contributed by atoms with van der Waals surface area (Å²) in [5.74, 6) is 0.324. The SMILES string of the molecule is CC(C)C(=O)CN(C)CCC#N. The van der Waals surface area contributed by atoms with Crippen molar-refractivity contribution < 1.29 is 4.79 Å². The molecule has 0 saturated carbocycles. The summed E-state index contributed by atoms with van der Waals surface area (Å²) < 4.78 is 0. The highest BCUT2D eigenvalue weighted by atomic mass is 16.1. The van der Waals surface area contributed by atoms with Gasteiger partial charge in [0.25, 0.3) is 0 Å². The van der Waals surface area contributed by atoms with Gasteiger partial charge in [-0.2, -0.15) is 5.26 Å². The lowest BCUT2D eigenvalue weighted by molar-refractivity contribution is -0.122. The van der Waals surface area contributed by atoms with Crippen LogP contribution in [0.3, 0.4) is 0 Å². The Hall–Kier alpha value is -0.880. The van der Waals surface area contributed by atoms with E-state index in [9.17, 15) is 4.79 Å². The van der Waals surface area contributed by atoms with Gasteiger partial charge in [0.15, 0.2) is 0 Å². The maximum absolute atomic E-state index is 11.2. The van der Waals surface area contributed by atoms with E-state index < -0.39 is 0 Å². The molecule has 0 radical (unpaired) electrons.